The van der Waals surface area contributed by atoms with Gasteiger partial charge in [-0.15, -0.1) is 0 Å². The lowest BCUT2D eigenvalue weighted by Gasteiger charge is -2.01. The van der Waals surface area contributed by atoms with E-state index in [1.54, 1.807) is 24.4 Å². The summed E-state index contributed by atoms with van der Waals surface area (Å²) in [4.78, 5) is 0. The molecule has 15 heavy (non-hydrogen) atoms. The molecule has 70 valence electrons. The van der Waals surface area contributed by atoms with Crippen LogP contribution in [0.2, 0.25) is 0 Å². The van der Waals surface area contributed by atoms with Gasteiger partial charge in [-0.25, -0.2) is 4.68 Å². The fraction of sp³-hybridized carbons (Fsp3) is 0. The van der Waals surface area contributed by atoms with E-state index in [1.165, 1.54) is 10.9 Å². The zero-order chi connectivity index (χ0) is 10.7. The van der Waals surface area contributed by atoms with Crippen molar-refractivity contribution in [3.8, 4) is 17.8 Å². The van der Waals surface area contributed by atoms with Crippen molar-refractivity contribution in [3.63, 3.8) is 0 Å². The van der Waals surface area contributed by atoms with Crippen molar-refractivity contribution < 1.29 is 0 Å². The summed E-state index contributed by atoms with van der Waals surface area (Å²) < 4.78 is 1.52. The second kappa shape index (κ2) is 3.65. The van der Waals surface area contributed by atoms with E-state index in [0.29, 0.717) is 16.8 Å². The molecule has 1 aromatic heterocycles. The highest BCUT2D eigenvalue weighted by atomic mass is 15.3. The van der Waals surface area contributed by atoms with Crippen molar-refractivity contribution in [2.45, 2.75) is 0 Å². The molecule has 1 aromatic carbocycles. The van der Waals surface area contributed by atoms with Crippen molar-refractivity contribution in [1.82, 2.24) is 9.78 Å². The first-order chi connectivity index (χ1) is 7.35. The molecule has 2 rings (SSSR count). The average molecular weight is 194 g/mol. The highest BCUT2D eigenvalue weighted by Crippen LogP contribution is 2.12. The van der Waals surface area contributed by atoms with Crippen LogP contribution in [0.25, 0.3) is 5.69 Å². The molecular formula is C11H6N4. The monoisotopic (exact) mass is 194 g/mol. The van der Waals surface area contributed by atoms with Crippen LogP contribution >= 0.6 is 0 Å². The van der Waals surface area contributed by atoms with Crippen molar-refractivity contribution in [2.75, 3.05) is 0 Å². The minimum Gasteiger partial charge on any atom is -0.238 e. The van der Waals surface area contributed by atoms with Crippen molar-refractivity contribution in [2.24, 2.45) is 0 Å². The van der Waals surface area contributed by atoms with Gasteiger partial charge >= 0.3 is 0 Å². The fourth-order valence-electron chi connectivity index (χ4n) is 1.28. The Kier molecular flexibility index (Phi) is 2.19. The molecule has 0 radical (unpaired) electrons. The lowest BCUT2D eigenvalue weighted by atomic mass is 10.2. The Morgan fingerprint density at radius 2 is 1.93 bits per heavy atom. The maximum atomic E-state index is 8.89. The second-order valence-corrected chi connectivity index (χ2v) is 2.91. The van der Waals surface area contributed by atoms with E-state index in [2.05, 4.69) is 11.2 Å². The van der Waals surface area contributed by atoms with Gasteiger partial charge in [0.2, 0.25) is 0 Å². The Morgan fingerprint density at radius 3 is 2.60 bits per heavy atom. The highest BCUT2D eigenvalue weighted by molar-refractivity contribution is 5.48. The van der Waals surface area contributed by atoms with Crippen LogP contribution in [0.5, 0.6) is 0 Å². The number of hydrogen-bond donors (Lipinski definition) is 0. The van der Waals surface area contributed by atoms with Crippen molar-refractivity contribution >= 4 is 0 Å². The topological polar surface area (TPSA) is 65.4 Å². The molecule has 0 N–H and O–H groups in total. The number of nitrogens with zero attached hydrogens (tertiary/aromatic N) is 4. The standard InChI is InChI=1S/C11H6N4/c12-5-9-7-14-15(8-9)11-4-2-1-3-10(11)6-13/h1-4,7-8H. The summed E-state index contributed by atoms with van der Waals surface area (Å²) in [6, 6.07) is 11.2. The highest BCUT2D eigenvalue weighted by Gasteiger charge is 2.04. The van der Waals surface area contributed by atoms with E-state index in [0.717, 1.165) is 0 Å². The second-order valence-electron chi connectivity index (χ2n) is 2.91. The Bertz CT molecular complexity index is 569. The van der Waals surface area contributed by atoms with Crippen LogP contribution < -0.4 is 0 Å². The molecule has 0 aliphatic carbocycles. The lowest BCUT2D eigenvalue weighted by molar-refractivity contribution is 0.877. The minimum atomic E-state index is 0.475. The van der Waals surface area contributed by atoms with Crippen LogP contribution in [-0.2, 0) is 0 Å². The van der Waals surface area contributed by atoms with Crippen LogP contribution in [0.3, 0.4) is 0 Å². The first kappa shape index (κ1) is 8.98. The van der Waals surface area contributed by atoms with E-state index in [-0.39, 0.29) is 0 Å². The molecule has 0 spiro atoms. The molecular weight excluding hydrogens is 188 g/mol. The SMILES string of the molecule is N#Cc1cnn(-c2ccccc2C#N)c1. The van der Waals surface area contributed by atoms with Gasteiger partial charge in [-0.3, -0.25) is 0 Å². The molecule has 0 amide bonds. The third kappa shape index (κ3) is 1.56. The zero-order valence-corrected chi connectivity index (χ0v) is 7.75. The number of aromatic nitrogens is 2. The van der Waals surface area contributed by atoms with Gasteiger partial charge in [-0.2, -0.15) is 15.6 Å². The maximum absolute atomic E-state index is 8.89. The summed E-state index contributed by atoms with van der Waals surface area (Å²) in [7, 11) is 0. The smallest absolute Gasteiger partial charge is 0.102 e. The van der Waals surface area contributed by atoms with Gasteiger partial charge in [0, 0.05) is 6.20 Å². The third-order valence-corrected chi connectivity index (χ3v) is 1.98. The molecule has 0 fully saturated rings. The van der Waals surface area contributed by atoms with Crippen molar-refractivity contribution in [3.05, 3.63) is 47.8 Å². The van der Waals surface area contributed by atoms with E-state index < -0.39 is 0 Å². The molecule has 0 aliphatic rings. The van der Waals surface area contributed by atoms with Crippen LogP contribution in [0.1, 0.15) is 11.1 Å². The van der Waals surface area contributed by atoms with Gasteiger partial charge in [0.15, 0.2) is 0 Å². The van der Waals surface area contributed by atoms with Gasteiger partial charge in [-0.05, 0) is 12.1 Å². The molecule has 1 heterocycles. The number of nitriles is 2. The van der Waals surface area contributed by atoms with Crippen LogP contribution in [0, 0.1) is 22.7 Å². The lowest BCUT2D eigenvalue weighted by Crippen LogP contribution is -1.96. The first-order valence-electron chi connectivity index (χ1n) is 4.29. The van der Waals surface area contributed by atoms with Gasteiger partial charge in [-0.1, -0.05) is 12.1 Å². The molecule has 0 saturated carbocycles. The van der Waals surface area contributed by atoms with E-state index in [1.807, 2.05) is 12.1 Å². The van der Waals surface area contributed by atoms with E-state index in [9.17, 15) is 0 Å². The van der Waals surface area contributed by atoms with E-state index >= 15 is 0 Å². The quantitative estimate of drug-likeness (QED) is 0.692. The number of benzene rings is 1. The third-order valence-electron chi connectivity index (χ3n) is 1.98. The van der Waals surface area contributed by atoms with Gasteiger partial charge in [0.1, 0.15) is 12.1 Å². The minimum absolute atomic E-state index is 0.475. The molecule has 0 atom stereocenters. The molecule has 2 aromatic rings. The molecule has 0 aliphatic heterocycles. The van der Waals surface area contributed by atoms with Crippen molar-refractivity contribution in [1.29, 1.82) is 10.5 Å². The summed E-state index contributed by atoms with van der Waals surface area (Å²) in [5.41, 5.74) is 1.69. The Morgan fingerprint density at radius 1 is 1.13 bits per heavy atom. The summed E-state index contributed by atoms with van der Waals surface area (Å²) in [5.74, 6) is 0. The number of hydrogen-bond acceptors (Lipinski definition) is 3. The predicted octanol–water partition coefficient (Wildman–Crippen LogP) is 1.62. The number of para-hydroxylation sites is 1. The normalized spacial score (nSPS) is 9.20. The summed E-state index contributed by atoms with van der Waals surface area (Å²) in [6.07, 6.45) is 3.06. The average Bonchev–Trinajstić information content (AvgIpc) is 2.77. The summed E-state index contributed by atoms with van der Waals surface area (Å²) in [6.45, 7) is 0. The van der Waals surface area contributed by atoms with Crippen LogP contribution in [0.15, 0.2) is 36.7 Å². The number of rotatable bonds is 1. The largest absolute Gasteiger partial charge is 0.238 e. The van der Waals surface area contributed by atoms with Gasteiger partial charge < -0.3 is 0 Å². The zero-order valence-electron chi connectivity index (χ0n) is 7.75. The Labute approximate surface area is 86.6 Å². The van der Waals surface area contributed by atoms with Gasteiger partial charge in [0.05, 0.1) is 23.0 Å². The molecule has 0 saturated heterocycles. The molecule has 0 unspecified atom stereocenters. The first-order valence-corrected chi connectivity index (χ1v) is 4.29. The summed E-state index contributed by atoms with van der Waals surface area (Å²) >= 11 is 0. The maximum Gasteiger partial charge on any atom is 0.102 e. The van der Waals surface area contributed by atoms with Crippen LogP contribution in [-0.4, -0.2) is 9.78 Å². The van der Waals surface area contributed by atoms with E-state index in [4.69, 9.17) is 10.5 Å². The molecule has 4 nitrogen and oxygen atoms in total. The fourth-order valence-corrected chi connectivity index (χ4v) is 1.28. The Balaban J connectivity index is 2.55. The van der Waals surface area contributed by atoms with Gasteiger partial charge in [0.25, 0.3) is 0 Å². The summed E-state index contributed by atoms with van der Waals surface area (Å²) in [5, 5.41) is 21.6. The molecule has 0 bridgehead atoms. The Hall–Kier alpha value is -2.59. The molecule has 4 heteroatoms. The van der Waals surface area contributed by atoms with Crippen LogP contribution in [0.4, 0.5) is 0 Å². The predicted molar refractivity (Wildman–Crippen MR) is 53.0 cm³/mol.